The molecule has 0 aliphatic heterocycles. The summed E-state index contributed by atoms with van der Waals surface area (Å²) in [7, 11) is 1.64. The van der Waals surface area contributed by atoms with Crippen LogP contribution in [0.25, 0.3) is 0 Å². The Morgan fingerprint density at radius 2 is 1.60 bits per heavy atom. The average Bonchev–Trinajstić information content (AvgIpc) is 2.95. The number of carbonyl (C=O) groups excluding carboxylic acids is 2. The van der Waals surface area contributed by atoms with Gasteiger partial charge in [0.25, 0.3) is 0 Å². The topological polar surface area (TPSA) is 58.6 Å². The molecule has 0 aromatic heterocycles. The molecule has 5 nitrogen and oxygen atoms in total. The van der Waals surface area contributed by atoms with Gasteiger partial charge in [0.15, 0.2) is 0 Å². The van der Waals surface area contributed by atoms with Crippen LogP contribution in [0, 0.1) is 13.8 Å². The maximum Gasteiger partial charge on any atom is 0.243 e. The molecule has 2 amide bonds. The van der Waals surface area contributed by atoms with Crippen molar-refractivity contribution in [2.75, 3.05) is 12.9 Å². The molecule has 6 heteroatoms. The highest BCUT2D eigenvalue weighted by atomic mass is 32.2. The Hall–Kier alpha value is -3.25. The second kappa shape index (κ2) is 14.9. The van der Waals surface area contributed by atoms with Crippen LogP contribution in [0.15, 0.2) is 72.8 Å². The lowest BCUT2D eigenvalue weighted by atomic mass is 9.94. The molecule has 3 aromatic carbocycles. The Morgan fingerprint density at radius 3 is 2.30 bits per heavy atom. The molecule has 1 N–H and O–H groups in total. The van der Waals surface area contributed by atoms with E-state index in [2.05, 4.69) is 37.4 Å². The van der Waals surface area contributed by atoms with Gasteiger partial charge in [0.2, 0.25) is 11.8 Å². The van der Waals surface area contributed by atoms with Gasteiger partial charge in [-0.3, -0.25) is 9.59 Å². The zero-order chi connectivity index (χ0) is 28.3. The molecule has 1 saturated carbocycles. The first-order valence-corrected chi connectivity index (χ1v) is 15.5. The van der Waals surface area contributed by atoms with E-state index >= 15 is 0 Å². The van der Waals surface area contributed by atoms with Gasteiger partial charge in [0, 0.05) is 24.8 Å². The molecule has 0 saturated heterocycles. The number of hydrogen-bond acceptors (Lipinski definition) is 4. The Balaban J connectivity index is 1.58. The molecule has 212 valence electrons. The lowest BCUT2D eigenvalue weighted by Crippen LogP contribution is -2.53. The van der Waals surface area contributed by atoms with Gasteiger partial charge >= 0.3 is 0 Å². The summed E-state index contributed by atoms with van der Waals surface area (Å²) in [5.41, 5.74) is 5.64. The predicted molar refractivity (Wildman–Crippen MR) is 165 cm³/mol. The first-order valence-electron chi connectivity index (χ1n) is 14.3. The maximum atomic E-state index is 13.9. The van der Waals surface area contributed by atoms with Crippen LogP contribution in [0.1, 0.15) is 59.9 Å². The minimum Gasteiger partial charge on any atom is -0.497 e. The Kier molecular flexibility index (Phi) is 11.1. The van der Waals surface area contributed by atoms with Gasteiger partial charge in [-0.25, -0.2) is 0 Å². The molecule has 1 unspecified atom stereocenters. The molecular weight excluding hydrogens is 516 g/mol. The van der Waals surface area contributed by atoms with Gasteiger partial charge in [-0.05, 0) is 55.5 Å². The lowest BCUT2D eigenvalue weighted by Gasteiger charge is -2.33. The molecule has 0 bridgehead atoms. The number of aryl methyl sites for hydroxylation is 2. The maximum absolute atomic E-state index is 13.9. The Labute approximate surface area is 243 Å². The summed E-state index contributed by atoms with van der Waals surface area (Å²) in [6.07, 6.45) is 5.96. The molecule has 1 aliphatic rings. The van der Waals surface area contributed by atoms with Crippen LogP contribution in [0.4, 0.5) is 0 Å². The molecule has 1 fully saturated rings. The SMILES string of the molecule is COc1cccc(CN(C(=O)CSCc2cc(C)cc(C)c2)C(Cc2ccccc2)C(=O)NC2CCCCC2)c1. The third-order valence-corrected chi connectivity index (χ3v) is 8.47. The fourth-order valence-electron chi connectivity index (χ4n) is 5.56. The zero-order valence-corrected chi connectivity index (χ0v) is 24.8. The third-order valence-electron chi connectivity index (χ3n) is 7.49. The van der Waals surface area contributed by atoms with Crippen molar-refractivity contribution >= 4 is 23.6 Å². The van der Waals surface area contributed by atoms with E-state index in [1.54, 1.807) is 23.8 Å². The van der Waals surface area contributed by atoms with Crippen molar-refractivity contribution in [3.05, 3.63) is 101 Å². The van der Waals surface area contributed by atoms with E-state index < -0.39 is 6.04 Å². The molecule has 0 spiro atoms. The average molecular weight is 559 g/mol. The normalized spacial score (nSPS) is 14.4. The van der Waals surface area contributed by atoms with Crippen molar-refractivity contribution in [3.8, 4) is 5.75 Å². The first kappa shape index (κ1) is 29.7. The van der Waals surface area contributed by atoms with Crippen molar-refractivity contribution in [2.24, 2.45) is 0 Å². The third kappa shape index (κ3) is 8.88. The molecule has 40 heavy (non-hydrogen) atoms. The Bertz CT molecular complexity index is 1240. The number of carbonyl (C=O) groups is 2. The van der Waals surface area contributed by atoms with Crippen LogP contribution < -0.4 is 10.1 Å². The molecule has 0 radical (unpaired) electrons. The first-order chi connectivity index (χ1) is 19.4. The molecule has 3 aromatic rings. The van der Waals surface area contributed by atoms with Gasteiger partial charge in [-0.2, -0.15) is 0 Å². The van der Waals surface area contributed by atoms with Gasteiger partial charge in [-0.1, -0.05) is 91.1 Å². The second-order valence-corrected chi connectivity index (χ2v) is 11.9. The largest absolute Gasteiger partial charge is 0.497 e. The van der Waals surface area contributed by atoms with E-state index in [0.29, 0.717) is 18.7 Å². The van der Waals surface area contributed by atoms with Crippen molar-refractivity contribution < 1.29 is 14.3 Å². The van der Waals surface area contributed by atoms with Crippen LogP contribution in [0.2, 0.25) is 0 Å². The van der Waals surface area contributed by atoms with Gasteiger partial charge < -0.3 is 15.0 Å². The van der Waals surface area contributed by atoms with Crippen LogP contribution in [0.3, 0.4) is 0 Å². The van der Waals surface area contributed by atoms with E-state index in [1.165, 1.54) is 23.1 Å². The molecule has 1 atom stereocenters. The fourth-order valence-corrected chi connectivity index (χ4v) is 6.40. The monoisotopic (exact) mass is 558 g/mol. The number of hydrogen-bond donors (Lipinski definition) is 1. The molecule has 0 heterocycles. The number of nitrogens with one attached hydrogen (secondary N) is 1. The Morgan fingerprint density at radius 1 is 0.900 bits per heavy atom. The highest BCUT2D eigenvalue weighted by Crippen LogP contribution is 2.23. The van der Waals surface area contributed by atoms with E-state index in [-0.39, 0.29) is 17.9 Å². The second-order valence-electron chi connectivity index (χ2n) is 10.9. The number of methoxy groups -OCH3 is 1. The van der Waals surface area contributed by atoms with E-state index in [1.807, 2.05) is 54.6 Å². The lowest BCUT2D eigenvalue weighted by molar-refractivity contribution is -0.139. The van der Waals surface area contributed by atoms with Gasteiger partial charge in [0.05, 0.1) is 12.9 Å². The minimum atomic E-state index is -0.607. The number of nitrogens with zero attached hydrogens (tertiary/aromatic N) is 1. The summed E-state index contributed by atoms with van der Waals surface area (Å²) >= 11 is 1.60. The minimum absolute atomic E-state index is 0.0306. The van der Waals surface area contributed by atoms with Gasteiger partial charge in [-0.15, -0.1) is 11.8 Å². The predicted octanol–water partition coefficient (Wildman–Crippen LogP) is 6.63. The number of thioether (sulfide) groups is 1. The van der Waals surface area contributed by atoms with Crippen LogP contribution in [0.5, 0.6) is 5.75 Å². The summed E-state index contributed by atoms with van der Waals surface area (Å²) in [4.78, 5) is 29.6. The number of amides is 2. The molecule has 4 rings (SSSR count). The van der Waals surface area contributed by atoms with E-state index in [0.717, 1.165) is 48.3 Å². The van der Waals surface area contributed by atoms with Crippen LogP contribution in [-0.2, 0) is 28.3 Å². The standard InChI is InChI=1S/C34H42N2O3S/c1-25-17-26(2)19-29(18-25)23-40-24-33(37)36(22-28-13-10-16-31(20-28)39-3)32(21-27-11-6-4-7-12-27)34(38)35-30-14-8-5-9-15-30/h4,6-7,10-13,16-20,30,32H,5,8-9,14-15,21-24H2,1-3H3,(H,35,38). The van der Waals surface area contributed by atoms with E-state index in [9.17, 15) is 9.59 Å². The van der Waals surface area contributed by atoms with Crippen LogP contribution in [-0.4, -0.2) is 41.7 Å². The summed E-state index contributed by atoms with van der Waals surface area (Å²) in [6.45, 7) is 4.54. The number of benzene rings is 3. The number of rotatable bonds is 12. The van der Waals surface area contributed by atoms with Crippen molar-refractivity contribution in [3.63, 3.8) is 0 Å². The highest BCUT2D eigenvalue weighted by Gasteiger charge is 2.32. The molecule has 1 aliphatic carbocycles. The zero-order valence-electron chi connectivity index (χ0n) is 24.0. The van der Waals surface area contributed by atoms with Crippen LogP contribution >= 0.6 is 11.8 Å². The van der Waals surface area contributed by atoms with Gasteiger partial charge in [0.1, 0.15) is 11.8 Å². The van der Waals surface area contributed by atoms with Crippen molar-refractivity contribution in [2.45, 2.75) is 76.8 Å². The van der Waals surface area contributed by atoms with Crippen molar-refractivity contribution in [1.29, 1.82) is 0 Å². The summed E-state index contributed by atoms with van der Waals surface area (Å²) in [5.74, 6) is 1.70. The summed E-state index contributed by atoms with van der Waals surface area (Å²) in [5, 5.41) is 3.31. The summed E-state index contributed by atoms with van der Waals surface area (Å²) in [6, 6.07) is 23.8. The highest BCUT2D eigenvalue weighted by molar-refractivity contribution is 7.99. The summed E-state index contributed by atoms with van der Waals surface area (Å²) < 4.78 is 5.45. The number of ether oxygens (including phenoxy) is 1. The smallest absolute Gasteiger partial charge is 0.243 e. The molecular formula is C34H42N2O3S. The fraction of sp³-hybridized carbons (Fsp3) is 0.412. The van der Waals surface area contributed by atoms with Crippen molar-refractivity contribution in [1.82, 2.24) is 10.2 Å². The van der Waals surface area contributed by atoms with E-state index in [4.69, 9.17) is 4.74 Å². The quantitative estimate of drug-likeness (QED) is 0.271.